The smallest absolute Gasteiger partial charge is 0.0165 e. The van der Waals surface area contributed by atoms with Gasteiger partial charge in [-0.25, -0.2) is 0 Å². The first-order valence-corrected chi connectivity index (χ1v) is 8.83. The third kappa shape index (κ3) is 5.72. The van der Waals surface area contributed by atoms with E-state index in [1.165, 1.54) is 57.2 Å². The molecule has 0 aromatic carbocycles. The van der Waals surface area contributed by atoms with Gasteiger partial charge in [0, 0.05) is 24.7 Å². The minimum Gasteiger partial charge on any atom is -0.311 e. The summed E-state index contributed by atoms with van der Waals surface area (Å²) >= 11 is 0. The zero-order chi connectivity index (χ0) is 15.2. The van der Waals surface area contributed by atoms with Gasteiger partial charge < -0.3 is 10.2 Å². The Bertz CT molecular complexity index is 325. The van der Waals surface area contributed by atoms with E-state index >= 15 is 0 Å². The number of rotatable bonds is 5. The van der Waals surface area contributed by atoms with Crippen molar-refractivity contribution in [2.45, 2.75) is 70.5 Å². The molecule has 1 aliphatic carbocycles. The second kappa shape index (κ2) is 8.30. The first kappa shape index (κ1) is 17.0. The summed E-state index contributed by atoms with van der Waals surface area (Å²) in [5.41, 5.74) is 1.44. The van der Waals surface area contributed by atoms with Gasteiger partial charge in [0.2, 0.25) is 0 Å². The van der Waals surface area contributed by atoms with Crippen LogP contribution in [0.3, 0.4) is 0 Å². The maximum absolute atomic E-state index is 3.96. The largest absolute Gasteiger partial charge is 0.311 e. The van der Waals surface area contributed by atoms with Gasteiger partial charge in [0.15, 0.2) is 0 Å². The summed E-state index contributed by atoms with van der Waals surface area (Å²) < 4.78 is 0. The quantitative estimate of drug-likeness (QED) is 0.786. The summed E-state index contributed by atoms with van der Waals surface area (Å²) in [6, 6.07) is 2.29. The SMILES string of the molecule is CC(C)=CCN1CCC(N[C@@H]2CCC[C@@H](N(C)C)C2)CC1. The van der Waals surface area contributed by atoms with Gasteiger partial charge in [-0.15, -0.1) is 0 Å². The number of piperidine rings is 1. The molecule has 0 aromatic rings. The van der Waals surface area contributed by atoms with Gasteiger partial charge in [0.05, 0.1) is 0 Å². The average Bonchev–Trinajstić information content (AvgIpc) is 2.47. The van der Waals surface area contributed by atoms with Crippen LogP contribution in [0, 0.1) is 0 Å². The molecule has 0 amide bonds. The summed E-state index contributed by atoms with van der Waals surface area (Å²) in [6.07, 6.45) is 10.5. The van der Waals surface area contributed by atoms with E-state index < -0.39 is 0 Å². The predicted molar refractivity (Wildman–Crippen MR) is 91.8 cm³/mol. The lowest BCUT2D eigenvalue weighted by Gasteiger charge is -2.38. The molecule has 1 aliphatic heterocycles. The lowest BCUT2D eigenvalue weighted by atomic mass is 9.89. The molecular weight excluding hydrogens is 258 g/mol. The van der Waals surface area contributed by atoms with E-state index in [1.54, 1.807) is 0 Å². The molecule has 122 valence electrons. The second-order valence-electron chi connectivity index (χ2n) is 7.50. The fraction of sp³-hybridized carbons (Fsp3) is 0.889. The zero-order valence-electron chi connectivity index (χ0n) is 14.6. The maximum atomic E-state index is 3.96. The predicted octanol–water partition coefficient (Wildman–Crippen LogP) is 2.88. The number of nitrogens with one attached hydrogen (secondary N) is 1. The fourth-order valence-corrected chi connectivity index (χ4v) is 3.71. The van der Waals surface area contributed by atoms with Crippen molar-refractivity contribution in [2.75, 3.05) is 33.7 Å². The van der Waals surface area contributed by atoms with Crippen molar-refractivity contribution in [3.05, 3.63) is 11.6 Å². The lowest BCUT2D eigenvalue weighted by molar-refractivity contribution is 0.165. The molecule has 0 bridgehead atoms. The lowest BCUT2D eigenvalue weighted by Crippen LogP contribution is -2.49. The molecule has 1 heterocycles. The van der Waals surface area contributed by atoms with E-state index in [9.17, 15) is 0 Å². The van der Waals surface area contributed by atoms with Crippen LogP contribution in [0.15, 0.2) is 11.6 Å². The van der Waals surface area contributed by atoms with Crippen LogP contribution in [0.2, 0.25) is 0 Å². The first-order valence-electron chi connectivity index (χ1n) is 8.83. The Kier molecular flexibility index (Phi) is 6.72. The zero-order valence-corrected chi connectivity index (χ0v) is 14.6. The van der Waals surface area contributed by atoms with Crippen molar-refractivity contribution in [1.82, 2.24) is 15.1 Å². The highest BCUT2D eigenvalue weighted by Crippen LogP contribution is 2.23. The Morgan fingerprint density at radius 2 is 1.81 bits per heavy atom. The van der Waals surface area contributed by atoms with Crippen LogP contribution in [0.5, 0.6) is 0 Å². The Hall–Kier alpha value is -0.380. The van der Waals surface area contributed by atoms with Crippen LogP contribution in [0.25, 0.3) is 0 Å². The number of hydrogen-bond donors (Lipinski definition) is 1. The second-order valence-corrected chi connectivity index (χ2v) is 7.50. The average molecular weight is 293 g/mol. The van der Waals surface area contributed by atoms with E-state index in [4.69, 9.17) is 0 Å². The molecule has 0 unspecified atom stereocenters. The minimum absolute atomic E-state index is 0.749. The molecule has 2 atom stereocenters. The fourth-order valence-electron chi connectivity index (χ4n) is 3.71. The number of hydrogen-bond acceptors (Lipinski definition) is 3. The van der Waals surface area contributed by atoms with Crippen molar-refractivity contribution < 1.29 is 0 Å². The molecule has 21 heavy (non-hydrogen) atoms. The molecule has 1 N–H and O–H groups in total. The number of likely N-dealkylation sites (tertiary alicyclic amines) is 1. The van der Waals surface area contributed by atoms with Crippen molar-refractivity contribution in [3.63, 3.8) is 0 Å². The summed E-state index contributed by atoms with van der Waals surface area (Å²) in [5.74, 6) is 0. The van der Waals surface area contributed by atoms with Gasteiger partial charge in [-0.2, -0.15) is 0 Å². The van der Waals surface area contributed by atoms with E-state index in [0.717, 1.165) is 24.7 Å². The molecule has 1 saturated heterocycles. The maximum Gasteiger partial charge on any atom is 0.0165 e. The van der Waals surface area contributed by atoms with Crippen LogP contribution < -0.4 is 5.32 Å². The Morgan fingerprint density at radius 3 is 2.43 bits per heavy atom. The normalized spacial score (nSPS) is 28.8. The standard InChI is InChI=1S/C18H35N3/c1-15(2)8-11-21-12-9-16(10-13-21)19-17-6-5-7-18(14-17)20(3)4/h8,16-19H,5-7,9-14H2,1-4H3/t17-,18-/m1/s1. The van der Waals surface area contributed by atoms with Gasteiger partial charge in [-0.1, -0.05) is 18.1 Å². The summed E-state index contributed by atoms with van der Waals surface area (Å²) in [4.78, 5) is 5.00. The first-order chi connectivity index (χ1) is 10.0. The monoisotopic (exact) mass is 293 g/mol. The van der Waals surface area contributed by atoms with Gasteiger partial charge >= 0.3 is 0 Å². The number of allylic oxidation sites excluding steroid dienone is 1. The van der Waals surface area contributed by atoms with Crippen molar-refractivity contribution in [3.8, 4) is 0 Å². The Balaban J connectivity index is 1.69. The molecular formula is C18H35N3. The molecule has 0 radical (unpaired) electrons. The summed E-state index contributed by atoms with van der Waals surface area (Å²) in [5, 5.41) is 3.96. The van der Waals surface area contributed by atoms with Crippen molar-refractivity contribution >= 4 is 0 Å². The molecule has 0 aromatic heterocycles. The summed E-state index contributed by atoms with van der Waals surface area (Å²) in [6.45, 7) is 8.04. The van der Waals surface area contributed by atoms with Crippen molar-refractivity contribution in [1.29, 1.82) is 0 Å². The van der Waals surface area contributed by atoms with Gasteiger partial charge in [-0.05, 0) is 73.1 Å². The molecule has 1 saturated carbocycles. The third-order valence-corrected chi connectivity index (χ3v) is 5.19. The van der Waals surface area contributed by atoms with Crippen molar-refractivity contribution in [2.24, 2.45) is 0 Å². The molecule has 2 rings (SSSR count). The minimum atomic E-state index is 0.749. The van der Waals surface area contributed by atoms with Gasteiger partial charge in [-0.3, -0.25) is 4.90 Å². The van der Waals surface area contributed by atoms with Crippen LogP contribution in [-0.2, 0) is 0 Å². The van der Waals surface area contributed by atoms with Gasteiger partial charge in [0.25, 0.3) is 0 Å². The molecule has 2 fully saturated rings. The highest BCUT2D eigenvalue weighted by atomic mass is 15.1. The molecule has 3 nitrogen and oxygen atoms in total. The summed E-state index contributed by atoms with van der Waals surface area (Å²) in [7, 11) is 4.46. The van der Waals surface area contributed by atoms with E-state index in [-0.39, 0.29) is 0 Å². The van der Waals surface area contributed by atoms with Crippen LogP contribution in [-0.4, -0.2) is 61.7 Å². The van der Waals surface area contributed by atoms with E-state index in [0.29, 0.717) is 0 Å². The molecule has 3 heteroatoms. The Labute approximate surface area is 131 Å². The van der Waals surface area contributed by atoms with E-state index in [1.807, 2.05) is 0 Å². The topological polar surface area (TPSA) is 18.5 Å². The van der Waals surface area contributed by atoms with E-state index in [2.05, 4.69) is 49.1 Å². The Morgan fingerprint density at radius 1 is 1.10 bits per heavy atom. The van der Waals surface area contributed by atoms with Gasteiger partial charge in [0.1, 0.15) is 0 Å². The van der Waals surface area contributed by atoms with Crippen LogP contribution in [0.4, 0.5) is 0 Å². The molecule has 2 aliphatic rings. The molecule has 0 spiro atoms. The highest BCUT2D eigenvalue weighted by molar-refractivity contribution is 4.96. The highest BCUT2D eigenvalue weighted by Gasteiger charge is 2.26. The third-order valence-electron chi connectivity index (χ3n) is 5.19. The van der Waals surface area contributed by atoms with Crippen LogP contribution in [0.1, 0.15) is 52.4 Å². The van der Waals surface area contributed by atoms with Crippen LogP contribution >= 0.6 is 0 Å². The number of nitrogens with zero attached hydrogens (tertiary/aromatic N) is 2.